The van der Waals surface area contributed by atoms with Crippen molar-refractivity contribution in [3.63, 3.8) is 0 Å². The van der Waals surface area contributed by atoms with Crippen molar-refractivity contribution in [3.05, 3.63) is 29.8 Å². The fraction of sp³-hybridized carbons (Fsp3) is 0.571. The van der Waals surface area contributed by atoms with Gasteiger partial charge in [0.2, 0.25) is 0 Å². The topological polar surface area (TPSA) is 24.5 Å². The molecule has 1 unspecified atom stereocenters. The van der Waals surface area contributed by atoms with Crippen molar-refractivity contribution >= 4 is 11.8 Å². The van der Waals surface area contributed by atoms with Crippen LogP contribution in [-0.4, -0.2) is 50.0 Å². The first kappa shape index (κ1) is 12.5. The fourth-order valence-corrected chi connectivity index (χ4v) is 3.75. The van der Waals surface area contributed by atoms with Crippen LogP contribution in [-0.2, 0) is 4.74 Å². The monoisotopic (exact) mass is 264 g/mol. The number of hydrogen-bond donors (Lipinski definition) is 1. The van der Waals surface area contributed by atoms with Gasteiger partial charge in [0, 0.05) is 42.9 Å². The summed E-state index contributed by atoms with van der Waals surface area (Å²) < 4.78 is 5.36. The van der Waals surface area contributed by atoms with Crippen LogP contribution in [0.3, 0.4) is 0 Å². The van der Waals surface area contributed by atoms with Gasteiger partial charge in [-0.2, -0.15) is 0 Å². The lowest BCUT2D eigenvalue weighted by atomic mass is 10.1. The Morgan fingerprint density at radius 1 is 1.28 bits per heavy atom. The van der Waals surface area contributed by atoms with E-state index < -0.39 is 0 Å². The molecular formula is C14H20N2OS. The van der Waals surface area contributed by atoms with E-state index in [4.69, 9.17) is 4.74 Å². The second-order valence-electron chi connectivity index (χ2n) is 4.81. The molecular weight excluding hydrogens is 244 g/mol. The van der Waals surface area contributed by atoms with Gasteiger partial charge in [-0.1, -0.05) is 18.2 Å². The molecule has 3 rings (SSSR count). The van der Waals surface area contributed by atoms with Crippen LogP contribution in [0.25, 0.3) is 0 Å². The third kappa shape index (κ3) is 2.88. The second-order valence-corrected chi connectivity index (χ2v) is 5.87. The molecule has 2 aliphatic heterocycles. The van der Waals surface area contributed by atoms with Crippen molar-refractivity contribution in [3.8, 4) is 0 Å². The lowest BCUT2D eigenvalue weighted by Crippen LogP contribution is -2.40. The van der Waals surface area contributed by atoms with E-state index in [1.165, 1.54) is 16.2 Å². The average molecular weight is 264 g/mol. The van der Waals surface area contributed by atoms with E-state index in [9.17, 15) is 0 Å². The Kier molecular flexibility index (Phi) is 4.20. The first-order valence-corrected chi connectivity index (χ1v) is 7.67. The summed E-state index contributed by atoms with van der Waals surface area (Å²) in [7, 11) is 0. The molecule has 1 fully saturated rings. The van der Waals surface area contributed by atoms with Crippen molar-refractivity contribution in [1.82, 2.24) is 10.2 Å². The molecule has 1 aromatic rings. The van der Waals surface area contributed by atoms with E-state index in [1.54, 1.807) is 0 Å². The number of rotatable bonds is 4. The summed E-state index contributed by atoms with van der Waals surface area (Å²) in [5, 5.41) is 3.68. The van der Waals surface area contributed by atoms with Crippen LogP contribution in [0.15, 0.2) is 29.2 Å². The Morgan fingerprint density at radius 2 is 2.11 bits per heavy atom. The van der Waals surface area contributed by atoms with Crippen LogP contribution >= 0.6 is 11.8 Å². The van der Waals surface area contributed by atoms with Gasteiger partial charge in [0.25, 0.3) is 0 Å². The SMILES string of the molecule is c1ccc2c(c1)SCC2NCCN1CCOCC1. The Labute approximate surface area is 113 Å². The highest BCUT2D eigenvalue weighted by Crippen LogP contribution is 2.37. The van der Waals surface area contributed by atoms with Crippen molar-refractivity contribution in [1.29, 1.82) is 0 Å². The molecule has 0 bridgehead atoms. The predicted molar refractivity (Wildman–Crippen MR) is 75.2 cm³/mol. The molecule has 98 valence electrons. The zero-order chi connectivity index (χ0) is 12.2. The molecule has 2 aliphatic rings. The maximum absolute atomic E-state index is 5.36. The van der Waals surface area contributed by atoms with Gasteiger partial charge in [0.15, 0.2) is 0 Å². The van der Waals surface area contributed by atoms with Gasteiger partial charge in [-0.25, -0.2) is 0 Å². The number of benzene rings is 1. The summed E-state index contributed by atoms with van der Waals surface area (Å²) in [5.41, 5.74) is 1.48. The standard InChI is InChI=1S/C14H20N2OS/c1-2-4-14-12(3-1)13(11-18-14)15-5-6-16-7-9-17-10-8-16/h1-4,13,15H,5-11H2. The van der Waals surface area contributed by atoms with Gasteiger partial charge >= 0.3 is 0 Å². The lowest BCUT2D eigenvalue weighted by molar-refractivity contribution is 0.0382. The third-order valence-electron chi connectivity index (χ3n) is 3.62. The number of hydrogen-bond acceptors (Lipinski definition) is 4. The lowest BCUT2D eigenvalue weighted by Gasteiger charge is -2.27. The molecule has 0 aromatic heterocycles. The molecule has 1 saturated heterocycles. The van der Waals surface area contributed by atoms with Crippen molar-refractivity contribution in [2.24, 2.45) is 0 Å². The zero-order valence-corrected chi connectivity index (χ0v) is 11.4. The molecule has 18 heavy (non-hydrogen) atoms. The summed E-state index contributed by atoms with van der Waals surface area (Å²) >= 11 is 1.97. The van der Waals surface area contributed by atoms with Crippen LogP contribution in [0, 0.1) is 0 Å². The molecule has 4 heteroatoms. The van der Waals surface area contributed by atoms with Crippen LogP contribution in [0.4, 0.5) is 0 Å². The predicted octanol–water partition coefficient (Wildman–Crippen LogP) is 1.76. The van der Waals surface area contributed by atoms with Crippen LogP contribution in [0.2, 0.25) is 0 Å². The Hall–Kier alpha value is -0.550. The van der Waals surface area contributed by atoms with Crippen LogP contribution in [0.1, 0.15) is 11.6 Å². The quantitative estimate of drug-likeness (QED) is 0.895. The second kappa shape index (κ2) is 6.06. The first-order chi connectivity index (χ1) is 8.93. The normalized spacial score (nSPS) is 24.1. The summed E-state index contributed by atoms with van der Waals surface area (Å²) in [5.74, 6) is 1.17. The summed E-state index contributed by atoms with van der Waals surface area (Å²) in [6, 6.07) is 9.28. The smallest absolute Gasteiger partial charge is 0.0594 e. The Balaban J connectivity index is 1.47. The van der Waals surface area contributed by atoms with Gasteiger partial charge in [-0.15, -0.1) is 11.8 Å². The number of ether oxygens (including phenoxy) is 1. The summed E-state index contributed by atoms with van der Waals surface area (Å²) in [4.78, 5) is 3.92. The molecule has 1 N–H and O–H groups in total. The highest BCUT2D eigenvalue weighted by Gasteiger charge is 2.22. The summed E-state index contributed by atoms with van der Waals surface area (Å²) in [6.07, 6.45) is 0. The molecule has 0 radical (unpaired) electrons. The maximum atomic E-state index is 5.36. The largest absolute Gasteiger partial charge is 0.379 e. The van der Waals surface area contributed by atoms with Gasteiger partial charge in [-0.05, 0) is 11.6 Å². The molecule has 2 heterocycles. The van der Waals surface area contributed by atoms with Gasteiger partial charge in [0.05, 0.1) is 13.2 Å². The average Bonchev–Trinajstić information content (AvgIpc) is 2.84. The van der Waals surface area contributed by atoms with E-state index in [1.807, 2.05) is 11.8 Å². The Bertz CT molecular complexity index is 393. The first-order valence-electron chi connectivity index (χ1n) is 6.69. The van der Waals surface area contributed by atoms with Crippen LogP contribution in [0.5, 0.6) is 0 Å². The number of thioether (sulfide) groups is 1. The number of nitrogens with one attached hydrogen (secondary N) is 1. The van der Waals surface area contributed by atoms with Crippen LogP contribution < -0.4 is 5.32 Å². The van der Waals surface area contributed by atoms with E-state index in [2.05, 4.69) is 34.5 Å². The third-order valence-corrected chi connectivity index (χ3v) is 4.81. The highest BCUT2D eigenvalue weighted by atomic mass is 32.2. The molecule has 0 aliphatic carbocycles. The van der Waals surface area contributed by atoms with E-state index >= 15 is 0 Å². The zero-order valence-electron chi connectivity index (χ0n) is 10.6. The van der Waals surface area contributed by atoms with Crippen molar-refractivity contribution < 1.29 is 4.74 Å². The number of nitrogens with zero attached hydrogens (tertiary/aromatic N) is 1. The summed E-state index contributed by atoms with van der Waals surface area (Å²) in [6.45, 7) is 6.14. The highest BCUT2D eigenvalue weighted by molar-refractivity contribution is 7.99. The minimum Gasteiger partial charge on any atom is -0.379 e. The molecule has 0 amide bonds. The van der Waals surface area contributed by atoms with Gasteiger partial charge < -0.3 is 10.1 Å². The molecule has 0 spiro atoms. The van der Waals surface area contributed by atoms with E-state index in [0.717, 1.165) is 39.4 Å². The van der Waals surface area contributed by atoms with Crippen molar-refractivity contribution in [2.45, 2.75) is 10.9 Å². The number of morpholine rings is 1. The fourth-order valence-electron chi connectivity index (χ4n) is 2.55. The molecule has 1 aromatic carbocycles. The van der Waals surface area contributed by atoms with E-state index in [-0.39, 0.29) is 0 Å². The minimum atomic E-state index is 0.534. The Morgan fingerprint density at radius 3 is 3.00 bits per heavy atom. The molecule has 3 nitrogen and oxygen atoms in total. The number of fused-ring (bicyclic) bond motifs is 1. The minimum absolute atomic E-state index is 0.534. The van der Waals surface area contributed by atoms with E-state index in [0.29, 0.717) is 6.04 Å². The molecule has 0 saturated carbocycles. The maximum Gasteiger partial charge on any atom is 0.0594 e. The van der Waals surface area contributed by atoms with Crippen molar-refractivity contribution in [2.75, 3.05) is 45.1 Å². The molecule has 1 atom stereocenters. The van der Waals surface area contributed by atoms with Gasteiger partial charge in [-0.3, -0.25) is 4.90 Å². The van der Waals surface area contributed by atoms with Gasteiger partial charge in [0.1, 0.15) is 0 Å².